The van der Waals surface area contributed by atoms with Crippen LogP contribution in [0.15, 0.2) is 36.8 Å². The van der Waals surface area contributed by atoms with Crippen LogP contribution in [0.2, 0.25) is 0 Å². The number of rotatable bonds is 14. The van der Waals surface area contributed by atoms with E-state index in [0.29, 0.717) is 50.9 Å². The molecule has 2 fully saturated rings. The second kappa shape index (κ2) is 15.3. The molecule has 1 aromatic carbocycles. The van der Waals surface area contributed by atoms with Gasteiger partial charge in [-0.3, -0.25) is 24.0 Å². The van der Waals surface area contributed by atoms with Gasteiger partial charge in [-0.1, -0.05) is 32.9 Å². The van der Waals surface area contributed by atoms with Crippen LogP contribution < -0.4 is 5.32 Å². The average molecular weight is 622 g/mol. The normalized spacial score (nSPS) is 20.2. The Labute approximate surface area is 265 Å². The first-order chi connectivity index (χ1) is 21.4. The van der Waals surface area contributed by atoms with Crippen LogP contribution in [-0.2, 0) is 36.8 Å². The molecule has 0 aliphatic carbocycles. The predicted molar refractivity (Wildman–Crippen MR) is 168 cm³/mol. The predicted octanol–water partition coefficient (Wildman–Crippen LogP) is 3.21. The van der Waals surface area contributed by atoms with Gasteiger partial charge in [0.05, 0.1) is 18.4 Å². The topological polar surface area (TPSA) is 153 Å². The number of phenolic OH excluding ortho intramolecular Hbond substituents is 1. The Balaban J connectivity index is 1.43. The lowest BCUT2D eigenvalue weighted by Crippen LogP contribution is -2.52. The number of Topliss-reactive ketones (excluding diaryl/α,β-unsaturated/α-hetero) is 2. The Bertz CT molecular complexity index is 1340. The summed E-state index contributed by atoms with van der Waals surface area (Å²) in [6.45, 7) is 8.21. The summed E-state index contributed by atoms with van der Waals surface area (Å²) in [7, 11) is 0. The first-order valence-corrected chi connectivity index (χ1v) is 16.1. The van der Waals surface area contributed by atoms with Crippen LogP contribution >= 0.6 is 0 Å². The molecule has 1 aromatic heterocycles. The van der Waals surface area contributed by atoms with E-state index < -0.39 is 24.0 Å². The van der Waals surface area contributed by atoms with E-state index in [1.54, 1.807) is 23.2 Å². The van der Waals surface area contributed by atoms with Crippen LogP contribution in [0.3, 0.4) is 0 Å². The molecule has 2 aliphatic rings. The molecule has 0 radical (unpaired) electrons. The van der Waals surface area contributed by atoms with Gasteiger partial charge in [0.15, 0.2) is 11.6 Å². The first-order valence-electron chi connectivity index (χ1n) is 16.1. The molecule has 3 amide bonds. The van der Waals surface area contributed by atoms with Crippen LogP contribution in [0.25, 0.3) is 0 Å². The van der Waals surface area contributed by atoms with E-state index in [-0.39, 0.29) is 59.7 Å². The van der Waals surface area contributed by atoms with Gasteiger partial charge in [0, 0.05) is 57.1 Å². The molecule has 0 bridgehead atoms. The molecule has 3 heterocycles. The quantitative estimate of drug-likeness (QED) is 0.293. The van der Waals surface area contributed by atoms with Crippen molar-refractivity contribution in [2.45, 2.75) is 97.2 Å². The van der Waals surface area contributed by atoms with Gasteiger partial charge in [0.1, 0.15) is 11.8 Å². The lowest BCUT2D eigenvalue weighted by atomic mass is 9.86. The van der Waals surface area contributed by atoms with Crippen molar-refractivity contribution in [2.24, 2.45) is 17.8 Å². The lowest BCUT2D eigenvalue weighted by Gasteiger charge is -2.31. The van der Waals surface area contributed by atoms with Gasteiger partial charge in [-0.25, -0.2) is 4.98 Å². The molecule has 2 aromatic rings. The SMILES string of the molecule is CC(=O)N1CCC[C@@H]1C(=O)NC(Cc1cnc[nH]1)C(=O)C[C@@H](C(=O)N1CCC[C@H]1C(=O)C[C@@H](C)Cc1ccc(O)cc1)C(C)C. The van der Waals surface area contributed by atoms with Gasteiger partial charge in [-0.05, 0) is 61.6 Å². The molecule has 4 rings (SSSR count). The number of amides is 3. The molecule has 3 N–H and O–H groups in total. The standard InChI is InChI=1S/C34H47N5O6/c1-21(2)27(34(45)39-14-5-7-29(39)32(43)16-22(3)15-24-9-11-26(41)12-10-24)18-31(42)28(17-25-19-35-20-36-25)37-33(44)30-8-6-13-38(30)23(4)40/h9-12,19-22,27-30,41H,5-8,13-18H2,1-4H3,(H,35,36)(H,37,44)/t22-,27+,28?,29-,30+/m0/s1. The van der Waals surface area contributed by atoms with Gasteiger partial charge < -0.3 is 25.2 Å². The number of carbonyl (C=O) groups is 5. The molecular formula is C34H47N5O6. The third-order valence-corrected chi connectivity index (χ3v) is 9.16. The molecule has 45 heavy (non-hydrogen) atoms. The number of aromatic hydroxyl groups is 1. The van der Waals surface area contributed by atoms with E-state index in [4.69, 9.17) is 0 Å². The highest BCUT2D eigenvalue weighted by atomic mass is 16.3. The fraction of sp³-hybridized carbons (Fsp3) is 0.588. The summed E-state index contributed by atoms with van der Waals surface area (Å²) in [6, 6.07) is 4.91. The van der Waals surface area contributed by atoms with Crippen LogP contribution in [0, 0.1) is 17.8 Å². The van der Waals surface area contributed by atoms with Crippen LogP contribution in [0.4, 0.5) is 0 Å². The highest BCUT2D eigenvalue weighted by molar-refractivity contribution is 5.96. The van der Waals surface area contributed by atoms with Crippen molar-refractivity contribution >= 4 is 29.3 Å². The van der Waals surface area contributed by atoms with Crippen molar-refractivity contribution in [1.82, 2.24) is 25.1 Å². The van der Waals surface area contributed by atoms with Gasteiger partial charge in [0.2, 0.25) is 17.7 Å². The molecule has 2 aliphatic heterocycles. The van der Waals surface area contributed by atoms with Gasteiger partial charge in [-0.15, -0.1) is 0 Å². The van der Waals surface area contributed by atoms with E-state index in [1.165, 1.54) is 18.2 Å². The van der Waals surface area contributed by atoms with Crippen molar-refractivity contribution in [2.75, 3.05) is 13.1 Å². The highest BCUT2D eigenvalue weighted by Gasteiger charge is 2.40. The third-order valence-electron chi connectivity index (χ3n) is 9.16. The molecule has 244 valence electrons. The second-order valence-corrected chi connectivity index (χ2v) is 13.1. The largest absolute Gasteiger partial charge is 0.508 e. The molecule has 11 nitrogen and oxygen atoms in total. The van der Waals surface area contributed by atoms with E-state index in [9.17, 15) is 29.1 Å². The summed E-state index contributed by atoms with van der Waals surface area (Å²) in [6.07, 6.45) is 6.78. The summed E-state index contributed by atoms with van der Waals surface area (Å²) in [4.78, 5) is 76.9. The number of hydrogen-bond donors (Lipinski definition) is 3. The molecule has 11 heteroatoms. The molecular weight excluding hydrogens is 574 g/mol. The minimum atomic E-state index is -0.904. The number of aromatic nitrogens is 2. The molecule has 5 atom stereocenters. The number of nitrogens with one attached hydrogen (secondary N) is 2. The first kappa shape index (κ1) is 33.9. The monoisotopic (exact) mass is 621 g/mol. The lowest BCUT2D eigenvalue weighted by molar-refractivity contribution is -0.144. The van der Waals surface area contributed by atoms with Crippen molar-refractivity contribution in [3.8, 4) is 5.75 Å². The molecule has 1 unspecified atom stereocenters. The maximum absolute atomic E-state index is 14.0. The number of H-pyrrole nitrogens is 1. The average Bonchev–Trinajstić information content (AvgIpc) is 3.78. The Morgan fingerprint density at radius 3 is 2.24 bits per heavy atom. The van der Waals surface area contributed by atoms with Crippen molar-refractivity contribution in [3.05, 3.63) is 48.0 Å². The molecule has 0 spiro atoms. The van der Waals surface area contributed by atoms with Crippen molar-refractivity contribution < 1.29 is 29.1 Å². The Morgan fingerprint density at radius 1 is 0.956 bits per heavy atom. The zero-order valence-electron chi connectivity index (χ0n) is 26.8. The number of carbonyl (C=O) groups excluding carboxylic acids is 5. The maximum Gasteiger partial charge on any atom is 0.243 e. The van der Waals surface area contributed by atoms with Crippen molar-refractivity contribution in [1.29, 1.82) is 0 Å². The minimum absolute atomic E-state index is 0.0249. The summed E-state index contributed by atoms with van der Waals surface area (Å²) in [5.41, 5.74) is 1.70. The summed E-state index contributed by atoms with van der Waals surface area (Å²) in [5.74, 6) is -1.57. The van der Waals surface area contributed by atoms with E-state index >= 15 is 0 Å². The second-order valence-electron chi connectivity index (χ2n) is 13.1. The minimum Gasteiger partial charge on any atom is -0.508 e. The molecule has 2 saturated heterocycles. The maximum atomic E-state index is 14.0. The van der Waals surface area contributed by atoms with Crippen LogP contribution in [-0.4, -0.2) is 85.4 Å². The summed E-state index contributed by atoms with van der Waals surface area (Å²) >= 11 is 0. The van der Waals surface area contributed by atoms with Gasteiger partial charge >= 0.3 is 0 Å². The smallest absolute Gasteiger partial charge is 0.243 e. The number of imidazole rings is 1. The number of nitrogens with zero attached hydrogens (tertiary/aromatic N) is 3. The summed E-state index contributed by atoms with van der Waals surface area (Å²) in [5, 5.41) is 12.4. The van der Waals surface area contributed by atoms with Gasteiger partial charge in [-0.2, -0.15) is 0 Å². The number of benzene rings is 1. The number of aromatic amines is 1. The van der Waals surface area contributed by atoms with Gasteiger partial charge in [0.25, 0.3) is 0 Å². The van der Waals surface area contributed by atoms with E-state index in [2.05, 4.69) is 15.3 Å². The zero-order chi connectivity index (χ0) is 32.7. The van der Waals surface area contributed by atoms with Crippen molar-refractivity contribution in [3.63, 3.8) is 0 Å². The number of ketones is 2. The van der Waals surface area contributed by atoms with E-state index in [0.717, 1.165) is 12.0 Å². The van der Waals surface area contributed by atoms with Crippen LogP contribution in [0.5, 0.6) is 5.75 Å². The summed E-state index contributed by atoms with van der Waals surface area (Å²) < 4.78 is 0. The highest BCUT2D eigenvalue weighted by Crippen LogP contribution is 2.28. The fourth-order valence-electron chi connectivity index (χ4n) is 6.68. The van der Waals surface area contributed by atoms with E-state index in [1.807, 2.05) is 32.9 Å². The number of likely N-dealkylation sites (tertiary alicyclic amines) is 2. The van der Waals surface area contributed by atoms with Crippen LogP contribution in [0.1, 0.15) is 77.5 Å². The number of phenols is 1. The Morgan fingerprint density at radius 2 is 1.62 bits per heavy atom. The Kier molecular flexibility index (Phi) is 11.5. The Hall–Kier alpha value is -4.02. The molecule has 0 saturated carbocycles. The number of hydrogen-bond acceptors (Lipinski definition) is 7. The zero-order valence-corrected chi connectivity index (χ0v) is 26.8. The third kappa shape index (κ3) is 8.79. The fourth-order valence-corrected chi connectivity index (χ4v) is 6.68.